The number of nitrogens with zero attached hydrogens (tertiary/aromatic N) is 2. The number of carbonyl (C=O) groups excluding carboxylic acids is 1. The summed E-state index contributed by atoms with van der Waals surface area (Å²) < 4.78 is 0. The van der Waals surface area contributed by atoms with Crippen LogP contribution in [0.1, 0.15) is 25.8 Å². The van der Waals surface area contributed by atoms with E-state index in [1.54, 1.807) is 4.90 Å². The van der Waals surface area contributed by atoms with Crippen LogP contribution in [-0.4, -0.2) is 70.3 Å². The van der Waals surface area contributed by atoms with Crippen LogP contribution in [-0.2, 0) is 11.2 Å². The van der Waals surface area contributed by atoms with E-state index in [-0.39, 0.29) is 19.0 Å². The average Bonchev–Trinajstić information content (AvgIpc) is 2.87. The Morgan fingerprint density at radius 2 is 1.96 bits per heavy atom. The number of hydrogen-bond acceptors (Lipinski definition) is 4. The number of carbonyl (C=O) groups is 1. The molecule has 128 valence electrons. The molecular weight excluding hydrogens is 292 g/mol. The molecule has 0 radical (unpaired) electrons. The highest BCUT2D eigenvalue weighted by molar-refractivity contribution is 5.77. The van der Waals surface area contributed by atoms with Gasteiger partial charge in [-0.1, -0.05) is 44.2 Å². The van der Waals surface area contributed by atoms with Gasteiger partial charge in [-0.05, 0) is 25.1 Å². The molecule has 5 heteroatoms. The SMILES string of the molecule is CCN(CC)C[C@]1(O)CN(C(=O)CCc2ccccc2)C[C@H]1O. The fraction of sp³-hybridized carbons (Fsp3) is 0.611. The Morgan fingerprint density at radius 3 is 2.57 bits per heavy atom. The Hall–Kier alpha value is -1.43. The van der Waals surface area contributed by atoms with Gasteiger partial charge in [0.2, 0.25) is 5.91 Å². The van der Waals surface area contributed by atoms with Crippen LogP contribution in [0.4, 0.5) is 0 Å². The summed E-state index contributed by atoms with van der Waals surface area (Å²) in [6.07, 6.45) is 0.197. The molecule has 1 saturated heterocycles. The van der Waals surface area contributed by atoms with Gasteiger partial charge >= 0.3 is 0 Å². The lowest BCUT2D eigenvalue weighted by molar-refractivity contribution is -0.131. The monoisotopic (exact) mass is 320 g/mol. The van der Waals surface area contributed by atoms with Gasteiger partial charge in [-0.25, -0.2) is 0 Å². The first kappa shape index (κ1) is 17.9. The van der Waals surface area contributed by atoms with Gasteiger partial charge in [0.25, 0.3) is 0 Å². The van der Waals surface area contributed by atoms with Crippen LogP contribution in [0.25, 0.3) is 0 Å². The second kappa shape index (κ2) is 7.90. The van der Waals surface area contributed by atoms with Crippen molar-refractivity contribution in [3.8, 4) is 0 Å². The molecule has 0 spiro atoms. The van der Waals surface area contributed by atoms with Crippen molar-refractivity contribution in [3.63, 3.8) is 0 Å². The Bertz CT molecular complexity index is 504. The summed E-state index contributed by atoms with van der Waals surface area (Å²) >= 11 is 0. The lowest BCUT2D eigenvalue weighted by Gasteiger charge is -2.31. The lowest BCUT2D eigenvalue weighted by atomic mass is 10.00. The second-order valence-electron chi connectivity index (χ2n) is 6.34. The Morgan fingerprint density at radius 1 is 1.30 bits per heavy atom. The largest absolute Gasteiger partial charge is 0.388 e. The van der Waals surface area contributed by atoms with Crippen molar-refractivity contribution in [2.45, 2.75) is 38.4 Å². The molecular formula is C18H28N2O3. The lowest BCUT2D eigenvalue weighted by Crippen LogP contribution is -2.51. The van der Waals surface area contributed by atoms with Crippen LogP contribution in [0.2, 0.25) is 0 Å². The van der Waals surface area contributed by atoms with Gasteiger partial charge in [0.1, 0.15) is 11.7 Å². The molecule has 0 aromatic heterocycles. The predicted molar refractivity (Wildman–Crippen MR) is 90.1 cm³/mol. The Labute approximate surface area is 138 Å². The molecule has 2 N–H and O–H groups in total. The van der Waals surface area contributed by atoms with Gasteiger partial charge in [-0.3, -0.25) is 4.79 Å². The zero-order valence-corrected chi connectivity index (χ0v) is 14.1. The van der Waals surface area contributed by atoms with Crippen molar-refractivity contribution < 1.29 is 15.0 Å². The highest BCUT2D eigenvalue weighted by Gasteiger charge is 2.46. The fourth-order valence-electron chi connectivity index (χ4n) is 3.11. The van der Waals surface area contributed by atoms with E-state index >= 15 is 0 Å². The number of rotatable bonds is 7. The Balaban J connectivity index is 1.90. The molecule has 23 heavy (non-hydrogen) atoms. The van der Waals surface area contributed by atoms with E-state index in [1.807, 2.05) is 44.2 Å². The molecule has 1 aliphatic rings. The van der Waals surface area contributed by atoms with Crippen molar-refractivity contribution in [2.75, 3.05) is 32.7 Å². The van der Waals surface area contributed by atoms with Crippen molar-refractivity contribution >= 4 is 5.91 Å². The predicted octanol–water partition coefficient (Wildman–Crippen LogP) is 0.895. The zero-order chi connectivity index (χ0) is 16.9. The van der Waals surface area contributed by atoms with E-state index in [4.69, 9.17) is 0 Å². The summed E-state index contributed by atoms with van der Waals surface area (Å²) in [5.74, 6) is -0.0108. The summed E-state index contributed by atoms with van der Waals surface area (Å²) in [4.78, 5) is 16.0. The highest BCUT2D eigenvalue weighted by atomic mass is 16.3. The summed E-state index contributed by atoms with van der Waals surface area (Å²) in [6.45, 7) is 6.49. The maximum Gasteiger partial charge on any atom is 0.223 e. The van der Waals surface area contributed by atoms with Crippen LogP contribution in [0.5, 0.6) is 0 Å². The quantitative estimate of drug-likeness (QED) is 0.783. The van der Waals surface area contributed by atoms with Crippen LogP contribution < -0.4 is 0 Å². The molecule has 1 amide bonds. The summed E-state index contributed by atoms with van der Waals surface area (Å²) in [7, 11) is 0. The highest BCUT2D eigenvalue weighted by Crippen LogP contribution is 2.24. The fourth-order valence-corrected chi connectivity index (χ4v) is 3.11. The van der Waals surface area contributed by atoms with Crippen LogP contribution in [0, 0.1) is 0 Å². The van der Waals surface area contributed by atoms with Gasteiger partial charge in [0.05, 0.1) is 6.54 Å². The minimum atomic E-state index is -1.23. The molecule has 5 nitrogen and oxygen atoms in total. The number of aryl methyl sites for hydroxylation is 1. The second-order valence-corrected chi connectivity index (χ2v) is 6.34. The van der Waals surface area contributed by atoms with E-state index in [0.29, 0.717) is 19.4 Å². The van der Waals surface area contributed by atoms with Gasteiger partial charge in [0, 0.05) is 19.5 Å². The maximum atomic E-state index is 12.4. The maximum absolute atomic E-state index is 12.4. The number of benzene rings is 1. The minimum absolute atomic E-state index is 0.0108. The molecule has 2 atom stereocenters. The number of aliphatic hydroxyl groups is 2. The van der Waals surface area contributed by atoms with Crippen LogP contribution >= 0.6 is 0 Å². The van der Waals surface area contributed by atoms with E-state index in [0.717, 1.165) is 18.7 Å². The molecule has 1 fully saturated rings. The van der Waals surface area contributed by atoms with Crippen molar-refractivity contribution in [1.29, 1.82) is 0 Å². The summed E-state index contributed by atoms with van der Waals surface area (Å²) in [6, 6.07) is 9.88. The van der Waals surface area contributed by atoms with E-state index in [9.17, 15) is 15.0 Å². The molecule has 1 aromatic rings. The standard InChI is InChI=1S/C18H28N2O3/c1-3-19(4-2)13-18(23)14-20(12-16(18)21)17(22)11-10-15-8-6-5-7-9-15/h5-9,16,21,23H,3-4,10-14H2,1-2H3/t16-,18+/m1/s1. The number of aliphatic hydroxyl groups excluding tert-OH is 1. The van der Waals surface area contributed by atoms with E-state index < -0.39 is 11.7 Å². The van der Waals surface area contributed by atoms with Gasteiger partial charge in [-0.2, -0.15) is 0 Å². The third-order valence-electron chi connectivity index (χ3n) is 4.69. The number of hydrogen-bond donors (Lipinski definition) is 2. The van der Waals surface area contributed by atoms with E-state index in [1.165, 1.54) is 0 Å². The molecule has 0 bridgehead atoms. The Kier molecular flexibility index (Phi) is 6.16. The first-order valence-electron chi connectivity index (χ1n) is 8.43. The van der Waals surface area contributed by atoms with Gasteiger partial charge in [-0.15, -0.1) is 0 Å². The van der Waals surface area contributed by atoms with Crippen molar-refractivity contribution in [1.82, 2.24) is 9.80 Å². The van der Waals surface area contributed by atoms with Gasteiger partial charge in [0.15, 0.2) is 0 Å². The average molecular weight is 320 g/mol. The normalized spacial score (nSPS) is 24.4. The molecule has 1 aliphatic heterocycles. The smallest absolute Gasteiger partial charge is 0.223 e. The molecule has 2 rings (SSSR count). The number of β-amino-alcohol motifs (C(OH)–C–C–N with tert-alkyl or cyclic N) is 2. The topological polar surface area (TPSA) is 64.0 Å². The molecule has 0 unspecified atom stereocenters. The first-order valence-corrected chi connectivity index (χ1v) is 8.43. The molecule has 1 aromatic carbocycles. The molecule has 0 aliphatic carbocycles. The number of likely N-dealkylation sites (tertiary alicyclic amines) is 1. The summed E-state index contributed by atoms with van der Waals surface area (Å²) in [5, 5.41) is 20.9. The third kappa shape index (κ3) is 4.53. The van der Waals surface area contributed by atoms with Crippen molar-refractivity contribution in [3.05, 3.63) is 35.9 Å². The minimum Gasteiger partial charge on any atom is -0.388 e. The molecule has 0 saturated carbocycles. The van der Waals surface area contributed by atoms with E-state index in [2.05, 4.69) is 4.90 Å². The number of likely N-dealkylation sites (N-methyl/N-ethyl adjacent to an activating group) is 1. The third-order valence-corrected chi connectivity index (χ3v) is 4.69. The first-order chi connectivity index (χ1) is 11.0. The van der Waals surface area contributed by atoms with Crippen molar-refractivity contribution in [2.24, 2.45) is 0 Å². The van der Waals surface area contributed by atoms with Crippen LogP contribution in [0.15, 0.2) is 30.3 Å². The summed E-state index contributed by atoms with van der Waals surface area (Å²) in [5.41, 5.74) is -0.104. The van der Waals surface area contributed by atoms with Gasteiger partial charge < -0.3 is 20.0 Å². The molecule has 1 heterocycles. The van der Waals surface area contributed by atoms with Crippen LogP contribution in [0.3, 0.4) is 0 Å². The number of amides is 1. The zero-order valence-electron chi connectivity index (χ0n) is 14.1.